The van der Waals surface area contributed by atoms with Crippen LogP contribution in [0.15, 0.2) is 82.3 Å². The first-order chi connectivity index (χ1) is 18.3. The number of carbonyl (C=O) groups excluding carboxylic acids is 1. The Kier molecular flexibility index (Phi) is 7.29. The molecule has 38 heavy (non-hydrogen) atoms. The van der Waals surface area contributed by atoms with Crippen molar-refractivity contribution in [2.45, 2.75) is 49.7 Å². The van der Waals surface area contributed by atoms with Gasteiger partial charge in [0.15, 0.2) is 10.9 Å². The molecule has 2 aromatic carbocycles. The molecule has 5 rings (SSSR count). The van der Waals surface area contributed by atoms with Crippen molar-refractivity contribution in [1.82, 2.24) is 4.98 Å². The van der Waals surface area contributed by atoms with Gasteiger partial charge in [0.05, 0.1) is 23.2 Å². The predicted molar refractivity (Wildman–Crippen MR) is 149 cm³/mol. The average molecular weight is 545 g/mol. The molecule has 0 saturated heterocycles. The van der Waals surface area contributed by atoms with E-state index in [9.17, 15) is 14.4 Å². The second kappa shape index (κ2) is 10.6. The quantitative estimate of drug-likeness (QED) is 0.273. The van der Waals surface area contributed by atoms with Gasteiger partial charge in [-0.25, -0.2) is 9.37 Å². The number of nitrogens with zero attached hydrogens (tertiary/aromatic N) is 3. The summed E-state index contributed by atoms with van der Waals surface area (Å²) in [5.74, 6) is 0.117. The number of nitriles is 1. The van der Waals surface area contributed by atoms with Gasteiger partial charge in [-0.15, -0.1) is 11.8 Å². The van der Waals surface area contributed by atoms with Gasteiger partial charge in [-0.05, 0) is 79.8 Å². The number of hydrogen-bond acceptors (Lipinski definition) is 6. The third-order valence-corrected chi connectivity index (χ3v) is 8.46. The van der Waals surface area contributed by atoms with Crippen molar-refractivity contribution in [3.63, 3.8) is 0 Å². The molecule has 2 heterocycles. The molecule has 2 aliphatic rings. The largest absolute Gasteiger partial charge is 0.384 e. The Morgan fingerprint density at radius 3 is 2.68 bits per heavy atom. The lowest BCUT2D eigenvalue weighted by molar-refractivity contribution is -0.116. The highest BCUT2D eigenvalue weighted by molar-refractivity contribution is 7.98. The second-order valence-electron chi connectivity index (χ2n) is 9.51. The average Bonchev–Trinajstić information content (AvgIpc) is 2.90. The topological polar surface area (TPSA) is 83.0 Å². The number of rotatable bonds is 5. The van der Waals surface area contributed by atoms with E-state index in [2.05, 4.69) is 23.2 Å². The van der Waals surface area contributed by atoms with E-state index < -0.39 is 5.92 Å². The molecule has 0 spiro atoms. The first-order valence-corrected chi connectivity index (χ1v) is 13.7. The molecule has 1 aromatic heterocycles. The predicted octanol–water partition coefficient (Wildman–Crippen LogP) is 7.09. The lowest BCUT2D eigenvalue weighted by Crippen LogP contribution is -2.39. The van der Waals surface area contributed by atoms with E-state index in [4.69, 9.17) is 17.3 Å². The molecule has 1 aliphatic carbocycles. The van der Waals surface area contributed by atoms with E-state index in [-0.39, 0.29) is 22.6 Å². The number of aromatic nitrogens is 1. The van der Waals surface area contributed by atoms with Crippen LogP contribution in [0.4, 0.5) is 10.1 Å². The van der Waals surface area contributed by atoms with E-state index >= 15 is 0 Å². The van der Waals surface area contributed by atoms with Crippen LogP contribution in [-0.2, 0) is 10.5 Å². The van der Waals surface area contributed by atoms with Gasteiger partial charge in [-0.1, -0.05) is 29.3 Å². The third-order valence-electron chi connectivity index (χ3n) is 7.11. The highest BCUT2D eigenvalue weighted by Gasteiger charge is 2.41. The fourth-order valence-electron chi connectivity index (χ4n) is 5.32. The zero-order valence-corrected chi connectivity index (χ0v) is 22.7. The van der Waals surface area contributed by atoms with Gasteiger partial charge in [0.2, 0.25) is 0 Å². The fourth-order valence-corrected chi connectivity index (χ4v) is 6.48. The Balaban J connectivity index is 1.64. The number of anilines is 1. The number of aryl methyl sites for hydroxylation is 1. The molecule has 2 N–H and O–H groups in total. The lowest BCUT2D eigenvalue weighted by atomic mass is 9.73. The van der Waals surface area contributed by atoms with Crippen molar-refractivity contribution >= 4 is 34.8 Å². The number of ketones is 1. The van der Waals surface area contributed by atoms with Crippen LogP contribution in [0.25, 0.3) is 0 Å². The summed E-state index contributed by atoms with van der Waals surface area (Å²) in [4.78, 5) is 20.4. The number of allylic oxidation sites excluding steroid dienone is 3. The number of hydrogen-bond donors (Lipinski definition) is 1. The standard InChI is InChI=1S/C30H26ClFN4OS/c1-17-13-19(16-38-21-10-8-20(32)9-11-21)18(2)22(14-17)27-23(15-33)30(34)36(25-6-4-12-35-29(25)31)24-5-3-7-26(37)28(24)27/h4,6,8-14,27H,3,5,7,16,34H2,1-2H3. The van der Waals surface area contributed by atoms with E-state index in [1.54, 1.807) is 47.1 Å². The molecule has 0 radical (unpaired) electrons. The molecule has 1 unspecified atom stereocenters. The molecular formula is C30H26ClFN4OS. The van der Waals surface area contributed by atoms with E-state index in [1.165, 1.54) is 12.1 Å². The molecular weight excluding hydrogens is 519 g/mol. The van der Waals surface area contributed by atoms with Crippen LogP contribution in [0.2, 0.25) is 5.15 Å². The van der Waals surface area contributed by atoms with Crippen LogP contribution < -0.4 is 10.6 Å². The molecule has 8 heteroatoms. The van der Waals surface area contributed by atoms with Gasteiger partial charge >= 0.3 is 0 Å². The number of benzene rings is 2. The maximum atomic E-state index is 13.5. The van der Waals surface area contributed by atoms with Gasteiger partial charge < -0.3 is 5.73 Å². The molecule has 0 fully saturated rings. The molecule has 192 valence electrons. The number of nitrogens with two attached hydrogens (primary N) is 1. The first kappa shape index (κ1) is 26.0. The normalized spacial score (nSPS) is 17.5. The van der Waals surface area contributed by atoms with Crippen LogP contribution in [0.1, 0.15) is 47.4 Å². The van der Waals surface area contributed by atoms with Crippen LogP contribution in [0.3, 0.4) is 0 Å². The number of pyridine rings is 1. The summed E-state index contributed by atoms with van der Waals surface area (Å²) < 4.78 is 13.4. The van der Waals surface area contributed by atoms with Crippen molar-refractivity contribution in [1.29, 1.82) is 5.26 Å². The smallest absolute Gasteiger partial charge is 0.161 e. The molecule has 1 atom stereocenters. The summed E-state index contributed by atoms with van der Waals surface area (Å²) in [6.07, 6.45) is 3.34. The minimum atomic E-state index is -0.566. The van der Waals surface area contributed by atoms with Crippen LogP contribution in [0.5, 0.6) is 0 Å². The minimum absolute atomic E-state index is 0.0182. The number of thioether (sulfide) groups is 1. The summed E-state index contributed by atoms with van der Waals surface area (Å²) in [6, 6.07) is 16.5. The minimum Gasteiger partial charge on any atom is -0.384 e. The Labute approximate surface area is 230 Å². The maximum Gasteiger partial charge on any atom is 0.161 e. The molecule has 0 bridgehead atoms. The molecule has 3 aromatic rings. The highest BCUT2D eigenvalue weighted by atomic mass is 35.5. The zero-order valence-electron chi connectivity index (χ0n) is 21.1. The highest BCUT2D eigenvalue weighted by Crippen LogP contribution is 2.48. The van der Waals surface area contributed by atoms with Crippen LogP contribution >= 0.6 is 23.4 Å². The van der Waals surface area contributed by atoms with E-state index in [0.29, 0.717) is 41.8 Å². The summed E-state index contributed by atoms with van der Waals surface area (Å²) in [6.45, 7) is 4.04. The van der Waals surface area contributed by atoms with Crippen LogP contribution in [-0.4, -0.2) is 10.8 Å². The monoisotopic (exact) mass is 544 g/mol. The number of halogens is 2. The van der Waals surface area contributed by atoms with Crippen molar-refractivity contribution in [2.24, 2.45) is 5.73 Å². The SMILES string of the molecule is Cc1cc(CSc2ccc(F)cc2)c(C)c(C2C(C#N)=C(N)N(c3cccnc3Cl)C3=C2C(=O)CCC3)c1. The number of carbonyl (C=O) groups is 1. The summed E-state index contributed by atoms with van der Waals surface area (Å²) in [5.41, 5.74) is 13.0. The van der Waals surface area contributed by atoms with Crippen molar-refractivity contribution in [3.05, 3.63) is 111 Å². The van der Waals surface area contributed by atoms with E-state index in [1.807, 2.05) is 13.8 Å². The molecule has 5 nitrogen and oxygen atoms in total. The number of Topliss-reactive ketones (excluding diaryl/α,β-unsaturated/α-hetero) is 1. The van der Waals surface area contributed by atoms with Crippen molar-refractivity contribution < 1.29 is 9.18 Å². The fraction of sp³-hybridized carbons (Fsp3) is 0.233. The third kappa shape index (κ3) is 4.70. The summed E-state index contributed by atoms with van der Waals surface area (Å²) in [7, 11) is 0. The molecule has 1 aliphatic heterocycles. The maximum absolute atomic E-state index is 13.5. The first-order valence-electron chi connectivity index (χ1n) is 12.3. The lowest BCUT2D eigenvalue weighted by Gasteiger charge is -2.40. The Morgan fingerprint density at radius 2 is 1.97 bits per heavy atom. The molecule has 0 amide bonds. The van der Waals surface area contributed by atoms with Crippen molar-refractivity contribution in [2.75, 3.05) is 4.90 Å². The second-order valence-corrected chi connectivity index (χ2v) is 10.9. The van der Waals surface area contributed by atoms with Gasteiger partial charge in [0.1, 0.15) is 11.6 Å². The summed E-state index contributed by atoms with van der Waals surface area (Å²) >= 11 is 8.06. The van der Waals surface area contributed by atoms with Gasteiger partial charge in [0, 0.05) is 34.5 Å². The zero-order chi connectivity index (χ0) is 27.0. The Morgan fingerprint density at radius 1 is 1.21 bits per heavy atom. The summed E-state index contributed by atoms with van der Waals surface area (Å²) in [5, 5.41) is 10.6. The van der Waals surface area contributed by atoms with Crippen LogP contribution in [0, 0.1) is 31.0 Å². The Bertz CT molecular complexity index is 1540. The van der Waals surface area contributed by atoms with Gasteiger partial charge in [0.25, 0.3) is 0 Å². The van der Waals surface area contributed by atoms with Gasteiger partial charge in [-0.2, -0.15) is 5.26 Å². The van der Waals surface area contributed by atoms with Gasteiger partial charge in [-0.3, -0.25) is 9.69 Å². The van der Waals surface area contributed by atoms with Crippen molar-refractivity contribution in [3.8, 4) is 6.07 Å². The van der Waals surface area contributed by atoms with E-state index in [0.717, 1.165) is 32.8 Å². The molecule has 0 saturated carbocycles. The Hall–Kier alpha value is -3.60.